The lowest BCUT2D eigenvalue weighted by Crippen LogP contribution is -2.22. The first kappa shape index (κ1) is 11.5. The van der Waals surface area contributed by atoms with Gasteiger partial charge in [-0.05, 0) is 23.8 Å². The van der Waals surface area contributed by atoms with Crippen molar-refractivity contribution in [3.8, 4) is 0 Å². The summed E-state index contributed by atoms with van der Waals surface area (Å²) in [6.45, 7) is 0. The highest BCUT2D eigenvalue weighted by Crippen LogP contribution is 2.23. The van der Waals surface area contributed by atoms with E-state index in [2.05, 4.69) is 20.7 Å². The van der Waals surface area contributed by atoms with Crippen molar-refractivity contribution in [3.63, 3.8) is 0 Å². The molecule has 76 valence electrons. The van der Waals surface area contributed by atoms with E-state index < -0.39 is 12.0 Å². The summed E-state index contributed by atoms with van der Waals surface area (Å²) < 4.78 is 5.30. The number of methoxy groups -OCH3 is 1. The number of benzene rings is 1. The highest BCUT2D eigenvalue weighted by Gasteiger charge is 2.16. The Morgan fingerprint density at radius 2 is 2.21 bits per heavy atom. The molecular formula is C9H9BrClNO2. The maximum Gasteiger partial charge on any atom is 0.327 e. The zero-order chi connectivity index (χ0) is 10.7. The Morgan fingerprint density at radius 1 is 1.57 bits per heavy atom. The van der Waals surface area contributed by atoms with Crippen molar-refractivity contribution in [1.29, 1.82) is 0 Å². The smallest absolute Gasteiger partial charge is 0.327 e. The Balaban J connectivity index is 3.00. The van der Waals surface area contributed by atoms with Gasteiger partial charge in [0.15, 0.2) is 0 Å². The number of rotatable bonds is 2. The maximum atomic E-state index is 11.1. The molecule has 0 radical (unpaired) electrons. The predicted molar refractivity (Wildman–Crippen MR) is 58.1 cm³/mol. The minimum absolute atomic E-state index is 0.487. The highest BCUT2D eigenvalue weighted by molar-refractivity contribution is 9.10. The third kappa shape index (κ3) is 2.70. The molecule has 1 aromatic rings. The second kappa shape index (κ2) is 4.77. The third-order valence-electron chi connectivity index (χ3n) is 1.70. The predicted octanol–water partition coefficient (Wildman–Crippen LogP) is 2.28. The van der Waals surface area contributed by atoms with Gasteiger partial charge in [0.25, 0.3) is 0 Å². The van der Waals surface area contributed by atoms with E-state index in [0.29, 0.717) is 10.6 Å². The highest BCUT2D eigenvalue weighted by atomic mass is 79.9. The Labute approximate surface area is 95.3 Å². The Bertz CT molecular complexity index is 336. The lowest BCUT2D eigenvalue weighted by atomic mass is 10.1. The van der Waals surface area contributed by atoms with Crippen LogP contribution in [0.25, 0.3) is 0 Å². The van der Waals surface area contributed by atoms with E-state index in [0.717, 1.165) is 4.47 Å². The van der Waals surface area contributed by atoms with E-state index in [-0.39, 0.29) is 0 Å². The molecule has 0 aliphatic rings. The van der Waals surface area contributed by atoms with Crippen LogP contribution in [-0.2, 0) is 9.53 Å². The zero-order valence-electron chi connectivity index (χ0n) is 7.46. The molecule has 0 fully saturated rings. The second-order valence-electron chi connectivity index (χ2n) is 2.70. The van der Waals surface area contributed by atoms with Gasteiger partial charge in [-0.3, -0.25) is 4.79 Å². The average Bonchev–Trinajstić information content (AvgIpc) is 2.14. The van der Waals surface area contributed by atoms with Crippen molar-refractivity contribution >= 4 is 33.5 Å². The van der Waals surface area contributed by atoms with Gasteiger partial charge in [0.1, 0.15) is 6.04 Å². The molecule has 5 heteroatoms. The lowest BCUT2D eigenvalue weighted by Gasteiger charge is -2.10. The molecule has 0 aliphatic heterocycles. The van der Waals surface area contributed by atoms with Gasteiger partial charge in [-0.15, -0.1) is 0 Å². The summed E-state index contributed by atoms with van der Waals surface area (Å²) in [5.74, 6) is -0.487. The van der Waals surface area contributed by atoms with E-state index in [1.807, 2.05) is 0 Å². The largest absolute Gasteiger partial charge is 0.468 e. The molecule has 1 aromatic carbocycles. The Morgan fingerprint density at radius 3 is 2.71 bits per heavy atom. The number of ether oxygens (including phenoxy) is 1. The summed E-state index contributed by atoms with van der Waals surface area (Å²) in [5, 5.41) is 0.522. The van der Waals surface area contributed by atoms with Gasteiger partial charge >= 0.3 is 5.97 Å². The van der Waals surface area contributed by atoms with Crippen molar-refractivity contribution < 1.29 is 9.53 Å². The van der Waals surface area contributed by atoms with Crippen molar-refractivity contribution in [3.05, 3.63) is 33.3 Å². The number of nitrogens with two attached hydrogens (primary N) is 1. The molecule has 0 bridgehead atoms. The average molecular weight is 279 g/mol. The molecule has 0 unspecified atom stereocenters. The molecule has 0 aromatic heterocycles. The van der Waals surface area contributed by atoms with Crippen LogP contribution in [0.15, 0.2) is 22.7 Å². The van der Waals surface area contributed by atoms with Crippen molar-refractivity contribution in [2.75, 3.05) is 7.11 Å². The first-order valence-corrected chi connectivity index (χ1v) is 5.01. The number of halogens is 2. The van der Waals surface area contributed by atoms with E-state index in [1.54, 1.807) is 18.2 Å². The van der Waals surface area contributed by atoms with Crippen LogP contribution in [-0.4, -0.2) is 13.1 Å². The van der Waals surface area contributed by atoms with Gasteiger partial charge in [-0.25, -0.2) is 0 Å². The van der Waals surface area contributed by atoms with Gasteiger partial charge in [0.05, 0.1) is 7.11 Å². The summed E-state index contributed by atoms with van der Waals surface area (Å²) in [4.78, 5) is 11.1. The first-order chi connectivity index (χ1) is 6.54. The lowest BCUT2D eigenvalue weighted by molar-refractivity contribution is -0.142. The van der Waals surface area contributed by atoms with Crippen molar-refractivity contribution in [2.45, 2.75) is 6.04 Å². The fourth-order valence-electron chi connectivity index (χ4n) is 1.02. The molecule has 14 heavy (non-hydrogen) atoms. The fourth-order valence-corrected chi connectivity index (χ4v) is 1.90. The zero-order valence-corrected chi connectivity index (χ0v) is 9.80. The molecule has 0 spiro atoms. The molecule has 3 nitrogen and oxygen atoms in total. The standard InChI is InChI=1S/C9H9BrClNO2/c1-14-9(13)8(12)5-2-6(10)4-7(11)3-5/h2-4,8H,12H2,1H3/t8-/m0/s1. The monoisotopic (exact) mass is 277 g/mol. The summed E-state index contributed by atoms with van der Waals surface area (Å²) in [6.07, 6.45) is 0. The molecule has 1 atom stereocenters. The molecule has 0 saturated heterocycles. The molecule has 1 rings (SSSR count). The van der Waals surface area contributed by atoms with Gasteiger partial charge < -0.3 is 10.5 Å². The van der Waals surface area contributed by atoms with Crippen LogP contribution in [0.5, 0.6) is 0 Å². The first-order valence-electron chi connectivity index (χ1n) is 3.84. The number of carbonyl (C=O) groups excluding carboxylic acids is 1. The summed E-state index contributed by atoms with van der Waals surface area (Å²) in [7, 11) is 1.29. The van der Waals surface area contributed by atoms with Gasteiger partial charge in [-0.2, -0.15) is 0 Å². The van der Waals surface area contributed by atoms with Crippen LogP contribution in [0.2, 0.25) is 5.02 Å². The van der Waals surface area contributed by atoms with Crippen LogP contribution in [0.3, 0.4) is 0 Å². The van der Waals surface area contributed by atoms with Gasteiger partial charge in [-0.1, -0.05) is 27.5 Å². The van der Waals surface area contributed by atoms with E-state index in [4.69, 9.17) is 17.3 Å². The second-order valence-corrected chi connectivity index (χ2v) is 4.06. The minimum atomic E-state index is -0.796. The van der Waals surface area contributed by atoms with Crippen LogP contribution in [0.1, 0.15) is 11.6 Å². The maximum absolute atomic E-state index is 11.1. The van der Waals surface area contributed by atoms with Gasteiger partial charge in [0.2, 0.25) is 0 Å². The molecule has 0 aliphatic carbocycles. The molecule has 0 saturated carbocycles. The van der Waals surface area contributed by atoms with E-state index in [1.165, 1.54) is 7.11 Å². The minimum Gasteiger partial charge on any atom is -0.468 e. The summed E-state index contributed by atoms with van der Waals surface area (Å²) in [5.41, 5.74) is 6.25. The third-order valence-corrected chi connectivity index (χ3v) is 2.38. The van der Waals surface area contributed by atoms with Crippen LogP contribution in [0, 0.1) is 0 Å². The number of hydrogen-bond donors (Lipinski definition) is 1. The molecule has 0 amide bonds. The molecule has 2 N–H and O–H groups in total. The van der Waals surface area contributed by atoms with E-state index >= 15 is 0 Å². The SMILES string of the molecule is COC(=O)[C@@H](N)c1cc(Cl)cc(Br)c1. The molecule has 0 heterocycles. The van der Waals surface area contributed by atoms with Crippen LogP contribution in [0.4, 0.5) is 0 Å². The molecular weight excluding hydrogens is 269 g/mol. The normalized spacial score (nSPS) is 12.3. The quantitative estimate of drug-likeness (QED) is 0.844. The van der Waals surface area contributed by atoms with Crippen molar-refractivity contribution in [1.82, 2.24) is 0 Å². The van der Waals surface area contributed by atoms with Gasteiger partial charge in [0, 0.05) is 9.50 Å². The number of hydrogen-bond acceptors (Lipinski definition) is 3. The Kier molecular flexibility index (Phi) is 3.92. The topological polar surface area (TPSA) is 52.3 Å². The summed E-state index contributed by atoms with van der Waals surface area (Å²) in [6, 6.07) is 4.28. The summed E-state index contributed by atoms with van der Waals surface area (Å²) >= 11 is 9.06. The van der Waals surface area contributed by atoms with Crippen LogP contribution < -0.4 is 5.73 Å². The fraction of sp³-hybridized carbons (Fsp3) is 0.222. The Hall–Kier alpha value is -0.580. The number of esters is 1. The number of carbonyl (C=O) groups is 1. The van der Waals surface area contributed by atoms with E-state index in [9.17, 15) is 4.79 Å². The van der Waals surface area contributed by atoms with Crippen LogP contribution >= 0.6 is 27.5 Å². The van der Waals surface area contributed by atoms with Crippen molar-refractivity contribution in [2.24, 2.45) is 5.73 Å².